The van der Waals surface area contributed by atoms with E-state index < -0.39 is 17.3 Å². The molecular weight excluding hydrogens is 560 g/mol. The van der Waals surface area contributed by atoms with Gasteiger partial charge in [0.1, 0.15) is 11.0 Å². The molecule has 0 aromatic carbocycles. The Morgan fingerprint density at radius 1 is 1.19 bits per heavy atom. The molecule has 7 N–H and O–H groups in total. The number of unbranched alkanes of at least 4 members (excludes halogenated alkanes) is 2. The van der Waals surface area contributed by atoms with Crippen molar-refractivity contribution in [2.75, 3.05) is 45.8 Å². The zero-order valence-electron chi connectivity index (χ0n) is 25.3. The summed E-state index contributed by atoms with van der Waals surface area (Å²) < 4.78 is 0. The molecule has 0 unspecified atom stereocenters. The number of nitrogens with two attached hydrogens (primary N) is 2. The number of nitrogens with zero attached hydrogens (tertiary/aromatic N) is 4. The van der Waals surface area contributed by atoms with Gasteiger partial charge in [-0.1, -0.05) is 58.6 Å². The number of carbonyl (C=O) groups excluding carboxylic acids is 2. The van der Waals surface area contributed by atoms with E-state index in [1.54, 1.807) is 4.90 Å². The second-order valence-corrected chi connectivity index (χ2v) is 10.0. The van der Waals surface area contributed by atoms with Crippen LogP contribution in [0.2, 0.25) is 0 Å². The van der Waals surface area contributed by atoms with Crippen molar-refractivity contribution in [3.63, 3.8) is 0 Å². The zero-order chi connectivity index (χ0) is 31.7. The number of hydrogen-bond donors (Lipinski definition) is 5. The number of aromatic nitrogens is 1. The number of nitrogens with one attached hydrogen (secondary N) is 2. The third-order valence-corrected chi connectivity index (χ3v) is 7.08. The Balaban J connectivity index is 0.00000431. The number of terminal acetylenes is 1. The van der Waals surface area contributed by atoms with Gasteiger partial charge >= 0.3 is 0 Å². The van der Waals surface area contributed by atoms with Gasteiger partial charge in [0.15, 0.2) is 5.70 Å². The Kier molecular flexibility index (Phi) is 17.0. The van der Waals surface area contributed by atoms with Crippen molar-refractivity contribution in [1.82, 2.24) is 25.0 Å². The van der Waals surface area contributed by atoms with E-state index in [9.17, 15) is 19.5 Å². The first-order chi connectivity index (χ1) is 20.1. The van der Waals surface area contributed by atoms with Crippen LogP contribution in [0.1, 0.15) is 70.2 Å². The first kappa shape index (κ1) is 36.5. The average molecular weight is 607 g/mol. The number of pyridine rings is 1. The standard InChI is InChI=1S/C27H41ClN8O4.C2H6/c1-4-7-8-13-35(17-16-34(6-3)18-21(28)32-23(25(30)38)24(29)31-5-2)19-11-14-36(15-12-19)27(40)20-9-10-22(37)33-26(20)39;1-2/h2,9-10,19,31H,4,6-8,11-18,29H2,1,3H3,(H2,30,38)(H2,33,37,39);1-2H3/b24-23-,32-21?;. The Labute approximate surface area is 254 Å². The molecule has 2 amide bonds. The van der Waals surface area contributed by atoms with Crippen molar-refractivity contribution < 1.29 is 14.7 Å². The van der Waals surface area contributed by atoms with E-state index in [-0.39, 0.29) is 28.2 Å². The number of likely N-dealkylation sites (N-methyl/N-ethyl adjacent to an activating group) is 1. The minimum absolute atomic E-state index is 0.0983. The lowest BCUT2D eigenvalue weighted by Gasteiger charge is -2.39. The van der Waals surface area contributed by atoms with Crippen LogP contribution in [0, 0.1) is 12.5 Å². The lowest BCUT2D eigenvalue weighted by molar-refractivity contribution is -0.114. The number of amides is 2. The minimum atomic E-state index is -0.843. The molecule has 1 fully saturated rings. The quantitative estimate of drug-likeness (QED) is 0.0662. The molecule has 234 valence electrons. The van der Waals surface area contributed by atoms with Gasteiger partial charge in [-0.05, 0) is 38.4 Å². The molecule has 13 heteroatoms. The van der Waals surface area contributed by atoms with Gasteiger partial charge in [-0.2, -0.15) is 0 Å². The largest absolute Gasteiger partial charge is 0.494 e. The normalized spacial score (nSPS) is 14.6. The smallest absolute Gasteiger partial charge is 0.271 e. The highest BCUT2D eigenvalue weighted by atomic mass is 35.5. The molecule has 2 heterocycles. The van der Waals surface area contributed by atoms with Gasteiger partial charge in [0, 0.05) is 44.3 Å². The summed E-state index contributed by atoms with van der Waals surface area (Å²) in [5.74, 6) is -1.68. The maximum Gasteiger partial charge on any atom is 0.271 e. The Morgan fingerprint density at radius 2 is 1.86 bits per heavy atom. The summed E-state index contributed by atoms with van der Waals surface area (Å²) in [7, 11) is 0. The molecule has 0 bridgehead atoms. The van der Waals surface area contributed by atoms with Crippen molar-refractivity contribution >= 4 is 28.6 Å². The van der Waals surface area contributed by atoms with E-state index in [4.69, 9.17) is 29.5 Å². The van der Waals surface area contributed by atoms with Crippen molar-refractivity contribution in [2.24, 2.45) is 16.5 Å². The van der Waals surface area contributed by atoms with Crippen LogP contribution in [0.25, 0.3) is 0 Å². The van der Waals surface area contributed by atoms with Gasteiger partial charge in [0.05, 0.1) is 12.1 Å². The topological polar surface area (TPSA) is 173 Å². The van der Waals surface area contributed by atoms with Crippen LogP contribution < -0.4 is 22.3 Å². The molecule has 0 atom stereocenters. The van der Waals surface area contributed by atoms with E-state index in [1.807, 2.05) is 20.8 Å². The van der Waals surface area contributed by atoms with E-state index in [1.165, 1.54) is 12.1 Å². The van der Waals surface area contributed by atoms with E-state index in [0.29, 0.717) is 38.8 Å². The zero-order valence-corrected chi connectivity index (χ0v) is 26.0. The fourth-order valence-electron chi connectivity index (χ4n) is 4.63. The van der Waals surface area contributed by atoms with Crippen molar-refractivity contribution in [1.29, 1.82) is 0 Å². The lowest BCUT2D eigenvalue weighted by atomic mass is 10.0. The lowest BCUT2D eigenvalue weighted by Crippen LogP contribution is -2.49. The molecule has 1 aliphatic heterocycles. The van der Waals surface area contributed by atoms with Crippen LogP contribution in [0.4, 0.5) is 0 Å². The number of H-pyrrole nitrogens is 1. The Hall–Kier alpha value is -3.53. The summed E-state index contributed by atoms with van der Waals surface area (Å²) in [6, 6.07) is 5.01. The predicted molar refractivity (Wildman–Crippen MR) is 168 cm³/mol. The van der Waals surface area contributed by atoms with Gasteiger partial charge in [0.25, 0.3) is 17.4 Å². The molecular formula is C29H47ClN8O4. The Bertz CT molecular complexity index is 1170. The molecule has 2 rings (SSSR count). The number of piperidine rings is 1. The summed E-state index contributed by atoms with van der Waals surface area (Å²) in [6.07, 6.45) is 10.1. The summed E-state index contributed by atoms with van der Waals surface area (Å²) in [6.45, 7) is 12.7. The summed E-state index contributed by atoms with van der Waals surface area (Å²) in [4.78, 5) is 48.7. The number of hydrogen-bond acceptors (Lipinski definition) is 9. The molecule has 1 aromatic heterocycles. The number of carbonyl (C=O) groups is 2. The number of aromatic amines is 1. The SMILES string of the molecule is C#CN/C(N)=C(\N=C(Cl)CN(CC)CCN(CCCCC)C1CCN(C(=O)c2ccc(=O)[nH]c2O)CC1)C(N)=O.CC. The fraction of sp³-hybridized carbons (Fsp3) is 0.586. The average Bonchev–Trinajstić information content (AvgIpc) is 2.97. The fourth-order valence-corrected chi connectivity index (χ4v) is 4.88. The minimum Gasteiger partial charge on any atom is -0.494 e. The molecule has 0 spiro atoms. The number of halogens is 1. The van der Waals surface area contributed by atoms with Gasteiger partial charge in [-0.3, -0.25) is 34.5 Å². The third-order valence-electron chi connectivity index (χ3n) is 6.88. The van der Waals surface area contributed by atoms with Gasteiger partial charge in [-0.15, -0.1) is 0 Å². The van der Waals surface area contributed by atoms with Crippen LogP contribution in [-0.2, 0) is 4.79 Å². The first-order valence-electron chi connectivity index (χ1n) is 14.5. The van der Waals surface area contributed by atoms with Crippen molar-refractivity contribution in [2.45, 2.75) is 65.8 Å². The molecule has 42 heavy (non-hydrogen) atoms. The van der Waals surface area contributed by atoms with E-state index in [0.717, 1.165) is 45.2 Å². The maximum absolute atomic E-state index is 12.9. The van der Waals surface area contributed by atoms with E-state index in [2.05, 4.69) is 38.1 Å². The molecule has 0 radical (unpaired) electrons. The molecule has 0 aliphatic carbocycles. The highest BCUT2D eigenvalue weighted by Gasteiger charge is 2.28. The number of aliphatic imine (C=N–C) groups is 1. The predicted octanol–water partition coefficient (Wildman–Crippen LogP) is 1.96. The summed E-state index contributed by atoms with van der Waals surface area (Å²) in [5.41, 5.74) is 10.5. The highest BCUT2D eigenvalue weighted by molar-refractivity contribution is 6.66. The maximum atomic E-state index is 12.9. The molecule has 1 saturated heterocycles. The van der Waals surface area contributed by atoms with Crippen LogP contribution in [-0.4, -0.2) is 93.6 Å². The molecule has 1 aliphatic rings. The van der Waals surface area contributed by atoms with Crippen molar-refractivity contribution in [3.8, 4) is 18.3 Å². The first-order valence-corrected chi connectivity index (χ1v) is 14.9. The summed E-state index contributed by atoms with van der Waals surface area (Å²) >= 11 is 6.36. The second kappa shape index (κ2) is 19.6. The van der Waals surface area contributed by atoms with Crippen molar-refractivity contribution in [3.05, 3.63) is 39.6 Å². The Morgan fingerprint density at radius 3 is 2.40 bits per heavy atom. The van der Waals surface area contributed by atoms with Crippen LogP contribution in [0.15, 0.2) is 33.4 Å². The molecule has 1 aromatic rings. The molecule has 12 nitrogen and oxygen atoms in total. The van der Waals surface area contributed by atoms with Gasteiger partial charge in [-0.25, -0.2) is 4.99 Å². The molecule has 0 saturated carbocycles. The highest BCUT2D eigenvalue weighted by Crippen LogP contribution is 2.21. The number of likely N-dealkylation sites (tertiary alicyclic amines) is 1. The van der Waals surface area contributed by atoms with Crippen LogP contribution >= 0.6 is 11.6 Å². The third kappa shape index (κ3) is 11.8. The number of rotatable bonds is 15. The van der Waals surface area contributed by atoms with Gasteiger partial charge < -0.3 is 21.5 Å². The number of primary amides is 1. The van der Waals surface area contributed by atoms with E-state index >= 15 is 0 Å². The van der Waals surface area contributed by atoms with Gasteiger partial charge in [0.2, 0.25) is 5.88 Å². The second-order valence-electron chi connectivity index (χ2n) is 9.60. The number of aromatic hydroxyl groups is 1. The van der Waals surface area contributed by atoms with Crippen LogP contribution in [0.5, 0.6) is 5.88 Å². The monoisotopic (exact) mass is 606 g/mol. The summed E-state index contributed by atoms with van der Waals surface area (Å²) in [5, 5.41) is 12.5. The van der Waals surface area contributed by atoms with Crippen LogP contribution in [0.3, 0.4) is 0 Å².